The van der Waals surface area contributed by atoms with Crippen LogP contribution in [0.4, 0.5) is 0 Å². The Bertz CT molecular complexity index is 302. The van der Waals surface area contributed by atoms with Crippen molar-refractivity contribution in [2.75, 3.05) is 0 Å². The van der Waals surface area contributed by atoms with Crippen molar-refractivity contribution in [3.8, 4) is 0 Å². The highest BCUT2D eigenvalue weighted by Crippen LogP contribution is 2.33. The SMILES string of the molecule is CC1CCCC2C(=CNN=C2C(C)C)CC1. The van der Waals surface area contributed by atoms with Crippen LogP contribution in [0.15, 0.2) is 16.9 Å². The van der Waals surface area contributed by atoms with Crippen LogP contribution in [0.2, 0.25) is 0 Å². The molecule has 0 spiro atoms. The molecule has 0 aromatic heterocycles. The third-order valence-corrected chi connectivity index (χ3v) is 3.96. The van der Waals surface area contributed by atoms with Crippen LogP contribution in [0, 0.1) is 17.8 Å². The molecule has 1 fully saturated rings. The largest absolute Gasteiger partial charge is 0.286 e. The summed E-state index contributed by atoms with van der Waals surface area (Å²) in [6.07, 6.45) is 8.79. The Morgan fingerprint density at radius 1 is 1.31 bits per heavy atom. The fourth-order valence-corrected chi connectivity index (χ4v) is 2.90. The molecule has 16 heavy (non-hydrogen) atoms. The van der Waals surface area contributed by atoms with Gasteiger partial charge in [0.15, 0.2) is 0 Å². The standard InChI is InChI=1S/C14H24N2/c1-10(2)14-13-6-4-5-11(3)7-8-12(13)9-15-16-14/h9-11,13,15H,4-8H2,1-3H3. The van der Waals surface area contributed by atoms with Gasteiger partial charge in [0.25, 0.3) is 0 Å². The zero-order valence-electron chi connectivity index (χ0n) is 10.8. The average Bonchev–Trinajstić information content (AvgIpc) is 2.24. The molecule has 0 bridgehead atoms. The van der Waals surface area contributed by atoms with E-state index in [2.05, 4.69) is 37.5 Å². The molecule has 2 aliphatic rings. The van der Waals surface area contributed by atoms with E-state index in [1.165, 1.54) is 37.8 Å². The Labute approximate surface area is 99.2 Å². The highest BCUT2D eigenvalue weighted by molar-refractivity contribution is 5.91. The summed E-state index contributed by atoms with van der Waals surface area (Å²) >= 11 is 0. The van der Waals surface area contributed by atoms with Crippen LogP contribution < -0.4 is 5.43 Å². The zero-order chi connectivity index (χ0) is 11.5. The predicted octanol–water partition coefficient (Wildman–Crippen LogP) is 3.70. The molecule has 2 unspecified atom stereocenters. The fraction of sp³-hybridized carbons (Fsp3) is 0.786. The van der Waals surface area contributed by atoms with Gasteiger partial charge in [0, 0.05) is 17.8 Å². The van der Waals surface area contributed by atoms with E-state index < -0.39 is 0 Å². The van der Waals surface area contributed by atoms with Gasteiger partial charge >= 0.3 is 0 Å². The van der Waals surface area contributed by atoms with Crippen molar-refractivity contribution in [2.24, 2.45) is 22.9 Å². The summed E-state index contributed by atoms with van der Waals surface area (Å²) in [5, 5.41) is 4.49. The number of nitrogens with one attached hydrogen (secondary N) is 1. The molecule has 0 aromatic rings. The number of hydrogen-bond donors (Lipinski definition) is 1. The zero-order valence-corrected chi connectivity index (χ0v) is 10.8. The Hall–Kier alpha value is -0.790. The highest BCUT2D eigenvalue weighted by Gasteiger charge is 2.27. The summed E-state index contributed by atoms with van der Waals surface area (Å²) in [5.74, 6) is 2.09. The maximum atomic E-state index is 4.49. The molecule has 1 aliphatic heterocycles. The van der Waals surface area contributed by atoms with Gasteiger partial charge in [-0.15, -0.1) is 0 Å². The molecule has 2 rings (SSSR count). The van der Waals surface area contributed by atoms with Crippen LogP contribution >= 0.6 is 0 Å². The first kappa shape index (κ1) is 11.7. The van der Waals surface area contributed by atoms with Gasteiger partial charge in [-0.3, -0.25) is 5.43 Å². The van der Waals surface area contributed by atoms with Gasteiger partial charge < -0.3 is 0 Å². The minimum Gasteiger partial charge on any atom is -0.286 e. The molecular formula is C14H24N2. The van der Waals surface area contributed by atoms with E-state index in [1.807, 2.05) is 0 Å². The minimum atomic E-state index is 0.568. The van der Waals surface area contributed by atoms with Crippen molar-refractivity contribution >= 4 is 5.71 Å². The fourth-order valence-electron chi connectivity index (χ4n) is 2.90. The molecule has 1 aliphatic carbocycles. The van der Waals surface area contributed by atoms with Crippen molar-refractivity contribution in [3.05, 3.63) is 11.8 Å². The molecule has 1 N–H and O–H groups in total. The second-order valence-electron chi connectivity index (χ2n) is 5.67. The topological polar surface area (TPSA) is 24.4 Å². The maximum absolute atomic E-state index is 4.49. The summed E-state index contributed by atoms with van der Waals surface area (Å²) in [4.78, 5) is 0. The first-order chi connectivity index (χ1) is 7.68. The first-order valence-electron chi connectivity index (χ1n) is 6.70. The van der Waals surface area contributed by atoms with E-state index in [0.29, 0.717) is 11.8 Å². The van der Waals surface area contributed by atoms with Gasteiger partial charge in [-0.2, -0.15) is 5.10 Å². The quantitative estimate of drug-likeness (QED) is 0.716. The van der Waals surface area contributed by atoms with E-state index in [-0.39, 0.29) is 0 Å². The van der Waals surface area contributed by atoms with E-state index in [0.717, 1.165) is 5.92 Å². The van der Waals surface area contributed by atoms with Crippen molar-refractivity contribution in [1.82, 2.24) is 5.43 Å². The number of hydrogen-bond acceptors (Lipinski definition) is 2. The molecular weight excluding hydrogens is 196 g/mol. The lowest BCUT2D eigenvalue weighted by Crippen LogP contribution is -2.29. The van der Waals surface area contributed by atoms with Crippen LogP contribution in [-0.2, 0) is 0 Å². The molecule has 0 aromatic carbocycles. The van der Waals surface area contributed by atoms with Gasteiger partial charge in [-0.1, -0.05) is 33.6 Å². The van der Waals surface area contributed by atoms with Crippen LogP contribution in [-0.4, -0.2) is 5.71 Å². The van der Waals surface area contributed by atoms with E-state index in [9.17, 15) is 0 Å². The molecule has 1 heterocycles. The molecule has 0 amide bonds. The van der Waals surface area contributed by atoms with Crippen LogP contribution in [0.3, 0.4) is 0 Å². The van der Waals surface area contributed by atoms with Crippen LogP contribution in [0.25, 0.3) is 0 Å². The number of fused-ring (bicyclic) bond motifs is 1. The second-order valence-corrected chi connectivity index (χ2v) is 5.67. The van der Waals surface area contributed by atoms with Crippen LogP contribution in [0.1, 0.15) is 52.9 Å². The Morgan fingerprint density at radius 2 is 2.12 bits per heavy atom. The van der Waals surface area contributed by atoms with Crippen molar-refractivity contribution in [2.45, 2.75) is 52.9 Å². The Kier molecular flexibility index (Phi) is 3.67. The van der Waals surface area contributed by atoms with Gasteiger partial charge in [0.2, 0.25) is 0 Å². The molecule has 2 atom stereocenters. The summed E-state index contributed by atoms with van der Waals surface area (Å²) in [6, 6.07) is 0. The van der Waals surface area contributed by atoms with Gasteiger partial charge in [-0.25, -0.2) is 0 Å². The smallest absolute Gasteiger partial charge is 0.0479 e. The summed E-state index contributed by atoms with van der Waals surface area (Å²) in [6.45, 7) is 6.89. The van der Waals surface area contributed by atoms with Gasteiger partial charge in [0.1, 0.15) is 0 Å². The molecule has 1 saturated carbocycles. The van der Waals surface area contributed by atoms with Crippen molar-refractivity contribution < 1.29 is 0 Å². The van der Waals surface area contributed by atoms with Gasteiger partial charge in [-0.05, 0) is 36.7 Å². The van der Waals surface area contributed by atoms with Crippen molar-refractivity contribution in [1.29, 1.82) is 0 Å². The van der Waals surface area contributed by atoms with Crippen molar-refractivity contribution in [3.63, 3.8) is 0 Å². The molecule has 0 radical (unpaired) electrons. The lowest BCUT2D eigenvalue weighted by Gasteiger charge is -2.30. The second kappa shape index (κ2) is 5.03. The number of hydrazone groups is 1. The lowest BCUT2D eigenvalue weighted by molar-refractivity contribution is 0.415. The molecule has 2 nitrogen and oxygen atoms in total. The summed E-state index contributed by atoms with van der Waals surface area (Å²) < 4.78 is 0. The predicted molar refractivity (Wildman–Crippen MR) is 69.2 cm³/mol. The molecule has 0 saturated heterocycles. The van der Waals surface area contributed by atoms with Crippen LogP contribution in [0.5, 0.6) is 0 Å². The minimum absolute atomic E-state index is 0.568. The van der Waals surface area contributed by atoms with E-state index in [4.69, 9.17) is 0 Å². The van der Waals surface area contributed by atoms with Gasteiger partial charge in [0.05, 0.1) is 0 Å². The van der Waals surface area contributed by atoms with E-state index in [1.54, 1.807) is 5.57 Å². The molecule has 90 valence electrons. The number of allylic oxidation sites excluding steroid dienone is 1. The summed E-state index contributed by atoms with van der Waals surface area (Å²) in [5.41, 5.74) is 6.06. The number of nitrogens with zero attached hydrogens (tertiary/aromatic N) is 1. The first-order valence-corrected chi connectivity index (χ1v) is 6.70. The molecule has 2 heteroatoms. The third kappa shape index (κ3) is 2.47. The normalized spacial score (nSPS) is 30.8. The summed E-state index contributed by atoms with van der Waals surface area (Å²) in [7, 11) is 0. The van der Waals surface area contributed by atoms with E-state index >= 15 is 0 Å². The Morgan fingerprint density at radius 3 is 2.88 bits per heavy atom. The average molecular weight is 220 g/mol. The lowest BCUT2D eigenvalue weighted by atomic mass is 9.78. The maximum Gasteiger partial charge on any atom is 0.0479 e. The highest BCUT2D eigenvalue weighted by atomic mass is 15.3. The Balaban J connectivity index is 2.12. The third-order valence-electron chi connectivity index (χ3n) is 3.96. The number of rotatable bonds is 1. The monoisotopic (exact) mass is 220 g/mol.